The van der Waals surface area contributed by atoms with Gasteiger partial charge in [-0.15, -0.1) is 0 Å². The van der Waals surface area contributed by atoms with E-state index in [0.29, 0.717) is 22.3 Å². The summed E-state index contributed by atoms with van der Waals surface area (Å²) < 4.78 is 16.8. The Hall–Kier alpha value is -3.35. The molecule has 0 radical (unpaired) electrons. The van der Waals surface area contributed by atoms with Crippen LogP contribution in [0.4, 0.5) is 0 Å². The Morgan fingerprint density at radius 1 is 0.960 bits per heavy atom. The van der Waals surface area contributed by atoms with E-state index < -0.39 is 5.97 Å². The minimum Gasteiger partial charge on any atom is -0.496 e. The highest BCUT2D eigenvalue weighted by Gasteiger charge is 2.18. The van der Waals surface area contributed by atoms with Gasteiger partial charge in [0.1, 0.15) is 17.2 Å². The summed E-state index contributed by atoms with van der Waals surface area (Å²) in [5, 5.41) is 4.88. The van der Waals surface area contributed by atoms with Crippen LogP contribution in [-0.2, 0) is 7.05 Å². The number of aryl methyl sites for hydroxylation is 1. The van der Waals surface area contributed by atoms with E-state index in [4.69, 9.17) is 14.2 Å². The van der Waals surface area contributed by atoms with E-state index in [1.165, 1.54) is 21.3 Å². The number of ether oxygens (including phenoxy) is 3. The highest BCUT2D eigenvalue weighted by molar-refractivity contribution is 6.02. The molecule has 0 unspecified atom stereocenters. The van der Waals surface area contributed by atoms with Crippen LogP contribution < -0.4 is 19.8 Å². The Balaban J connectivity index is 2.04. The van der Waals surface area contributed by atoms with E-state index in [-0.39, 0.29) is 17.0 Å². The van der Waals surface area contributed by atoms with Gasteiger partial charge in [0.15, 0.2) is 5.69 Å². The van der Waals surface area contributed by atoms with Crippen molar-refractivity contribution in [1.29, 1.82) is 0 Å². The molecule has 3 aromatic rings. The molecular weight excluding hydrogens is 324 g/mol. The molecule has 2 aromatic carbocycles. The van der Waals surface area contributed by atoms with Crippen molar-refractivity contribution in [2.45, 2.75) is 0 Å². The van der Waals surface area contributed by atoms with Crippen molar-refractivity contribution < 1.29 is 19.0 Å². The molecule has 0 saturated carbocycles. The fraction of sp³-hybridized carbons (Fsp3) is 0.167. The van der Waals surface area contributed by atoms with E-state index in [1.54, 1.807) is 42.5 Å². The first-order chi connectivity index (χ1) is 12.0. The highest BCUT2D eigenvalue weighted by atomic mass is 16.5. The van der Waals surface area contributed by atoms with Gasteiger partial charge in [0.25, 0.3) is 5.56 Å². The molecule has 0 N–H and O–H groups in total. The number of nitrogens with zero attached hydrogens (tertiary/aromatic N) is 2. The zero-order valence-corrected chi connectivity index (χ0v) is 14.0. The van der Waals surface area contributed by atoms with Crippen molar-refractivity contribution in [2.75, 3.05) is 14.2 Å². The standard InChI is InChI=1S/C18H16N2O5/c1-20-17(21)15-7-5-4-6-14(15)16(19-20)18(22)25-13-9-11(23-2)8-12(10-13)24-3/h4-10H,1-3H3. The van der Waals surface area contributed by atoms with Crippen LogP contribution in [0.2, 0.25) is 0 Å². The van der Waals surface area contributed by atoms with Gasteiger partial charge in [-0.3, -0.25) is 4.79 Å². The molecule has 0 amide bonds. The van der Waals surface area contributed by atoms with Crippen molar-refractivity contribution >= 4 is 16.7 Å². The van der Waals surface area contributed by atoms with Crippen LogP contribution in [0.5, 0.6) is 17.2 Å². The molecule has 0 aliphatic heterocycles. The number of fused-ring (bicyclic) bond motifs is 1. The molecule has 128 valence electrons. The summed E-state index contributed by atoms with van der Waals surface area (Å²) in [7, 11) is 4.49. The first kappa shape index (κ1) is 16.5. The lowest BCUT2D eigenvalue weighted by molar-refractivity contribution is 0.0728. The Kier molecular flexibility index (Phi) is 4.38. The monoisotopic (exact) mass is 340 g/mol. The molecule has 1 aromatic heterocycles. The molecule has 3 rings (SSSR count). The molecule has 0 atom stereocenters. The van der Waals surface area contributed by atoms with Gasteiger partial charge in [-0.05, 0) is 6.07 Å². The molecule has 7 heteroatoms. The van der Waals surface area contributed by atoms with E-state index in [9.17, 15) is 9.59 Å². The lowest BCUT2D eigenvalue weighted by atomic mass is 10.1. The molecule has 0 aliphatic carbocycles. The highest BCUT2D eigenvalue weighted by Crippen LogP contribution is 2.28. The minimum atomic E-state index is -0.679. The smallest absolute Gasteiger partial charge is 0.364 e. The number of aromatic nitrogens is 2. The quantitative estimate of drug-likeness (QED) is 0.535. The summed E-state index contributed by atoms with van der Waals surface area (Å²) >= 11 is 0. The third-order valence-electron chi connectivity index (χ3n) is 3.69. The van der Waals surface area contributed by atoms with Crippen molar-refractivity contribution in [2.24, 2.45) is 7.05 Å². The Morgan fingerprint density at radius 3 is 2.12 bits per heavy atom. The molecule has 0 bridgehead atoms. The van der Waals surface area contributed by atoms with Crippen molar-refractivity contribution in [3.05, 3.63) is 58.5 Å². The van der Waals surface area contributed by atoms with Gasteiger partial charge in [-0.25, -0.2) is 9.48 Å². The number of benzene rings is 2. The zero-order chi connectivity index (χ0) is 18.0. The number of carbonyl (C=O) groups excluding carboxylic acids is 1. The van der Waals surface area contributed by atoms with Crippen LogP contribution in [-0.4, -0.2) is 30.0 Å². The van der Waals surface area contributed by atoms with Gasteiger partial charge in [0, 0.05) is 30.6 Å². The second-order valence-corrected chi connectivity index (χ2v) is 5.26. The van der Waals surface area contributed by atoms with Crippen molar-refractivity contribution in [3.63, 3.8) is 0 Å². The summed E-state index contributed by atoms with van der Waals surface area (Å²) in [6.45, 7) is 0. The van der Waals surface area contributed by atoms with Crippen LogP contribution in [0.25, 0.3) is 10.8 Å². The van der Waals surface area contributed by atoms with Crippen LogP contribution in [0, 0.1) is 0 Å². The molecule has 1 heterocycles. The number of hydrogen-bond acceptors (Lipinski definition) is 6. The molecule has 0 fully saturated rings. The fourth-order valence-electron chi connectivity index (χ4n) is 2.45. The molecule has 25 heavy (non-hydrogen) atoms. The van der Waals surface area contributed by atoms with Gasteiger partial charge in [-0.2, -0.15) is 5.10 Å². The summed E-state index contributed by atoms with van der Waals surface area (Å²) in [5.41, 5.74) is -0.227. The average molecular weight is 340 g/mol. The number of hydrogen-bond donors (Lipinski definition) is 0. The largest absolute Gasteiger partial charge is 0.496 e. The average Bonchev–Trinajstić information content (AvgIpc) is 2.64. The topological polar surface area (TPSA) is 79.7 Å². The first-order valence-corrected chi connectivity index (χ1v) is 7.45. The predicted octanol–water partition coefficient (Wildman–Crippen LogP) is 2.17. The van der Waals surface area contributed by atoms with E-state index in [0.717, 1.165) is 4.68 Å². The Bertz CT molecular complexity index is 988. The third kappa shape index (κ3) is 3.16. The van der Waals surface area contributed by atoms with Crippen molar-refractivity contribution in [1.82, 2.24) is 9.78 Å². The maximum atomic E-state index is 12.6. The van der Waals surface area contributed by atoms with E-state index in [1.807, 2.05) is 0 Å². The summed E-state index contributed by atoms with van der Waals surface area (Å²) in [4.78, 5) is 24.8. The molecule has 7 nitrogen and oxygen atoms in total. The lowest BCUT2D eigenvalue weighted by Crippen LogP contribution is -2.24. The SMILES string of the molecule is COc1cc(OC)cc(OC(=O)c2nn(C)c(=O)c3ccccc23)c1. The summed E-state index contributed by atoms with van der Waals surface area (Å²) in [6, 6.07) is 11.5. The summed E-state index contributed by atoms with van der Waals surface area (Å²) in [5.74, 6) is 0.545. The third-order valence-corrected chi connectivity index (χ3v) is 3.69. The molecule has 0 spiro atoms. The zero-order valence-electron chi connectivity index (χ0n) is 14.0. The second-order valence-electron chi connectivity index (χ2n) is 5.26. The van der Waals surface area contributed by atoms with Gasteiger partial charge >= 0.3 is 5.97 Å². The van der Waals surface area contributed by atoms with Crippen LogP contribution >= 0.6 is 0 Å². The lowest BCUT2D eigenvalue weighted by Gasteiger charge is -2.10. The Morgan fingerprint density at radius 2 is 1.52 bits per heavy atom. The van der Waals surface area contributed by atoms with Crippen LogP contribution in [0.15, 0.2) is 47.3 Å². The normalized spacial score (nSPS) is 10.5. The predicted molar refractivity (Wildman–Crippen MR) is 91.5 cm³/mol. The maximum absolute atomic E-state index is 12.6. The van der Waals surface area contributed by atoms with Crippen LogP contribution in [0.3, 0.4) is 0 Å². The maximum Gasteiger partial charge on any atom is 0.364 e. The number of esters is 1. The summed E-state index contributed by atoms with van der Waals surface area (Å²) in [6.07, 6.45) is 0. The number of carbonyl (C=O) groups is 1. The van der Waals surface area contributed by atoms with E-state index >= 15 is 0 Å². The van der Waals surface area contributed by atoms with Gasteiger partial charge < -0.3 is 14.2 Å². The van der Waals surface area contributed by atoms with Gasteiger partial charge in [0.05, 0.1) is 19.6 Å². The molecular formula is C18H16N2O5. The Labute approximate surface area is 143 Å². The molecule has 0 saturated heterocycles. The van der Waals surface area contributed by atoms with E-state index in [2.05, 4.69) is 5.10 Å². The number of methoxy groups -OCH3 is 2. The fourth-order valence-corrected chi connectivity index (χ4v) is 2.45. The number of rotatable bonds is 4. The minimum absolute atomic E-state index is 0.0551. The van der Waals surface area contributed by atoms with Gasteiger partial charge in [0.2, 0.25) is 0 Å². The second kappa shape index (κ2) is 6.64. The van der Waals surface area contributed by atoms with Crippen LogP contribution in [0.1, 0.15) is 10.5 Å². The molecule has 0 aliphatic rings. The van der Waals surface area contributed by atoms with Gasteiger partial charge in [-0.1, -0.05) is 18.2 Å². The first-order valence-electron chi connectivity index (χ1n) is 7.45. The van der Waals surface area contributed by atoms with Crippen molar-refractivity contribution in [3.8, 4) is 17.2 Å².